The number of hydrazone groups is 1. The molecule has 3 aromatic rings. The highest BCUT2D eigenvalue weighted by Crippen LogP contribution is 2.22. The minimum Gasteiger partial charge on any atom is -0.496 e. The molecule has 3 rings (SSSR count). The van der Waals surface area contributed by atoms with E-state index >= 15 is 0 Å². The van der Waals surface area contributed by atoms with Gasteiger partial charge in [0, 0.05) is 27.1 Å². The van der Waals surface area contributed by atoms with Crippen LogP contribution in [0.3, 0.4) is 0 Å². The molecule has 5 nitrogen and oxygen atoms in total. The van der Waals surface area contributed by atoms with Crippen molar-refractivity contribution in [3.05, 3.63) is 81.6 Å². The van der Waals surface area contributed by atoms with E-state index in [0.717, 1.165) is 27.1 Å². The van der Waals surface area contributed by atoms with E-state index in [4.69, 9.17) is 4.74 Å². The van der Waals surface area contributed by atoms with E-state index in [-0.39, 0.29) is 5.91 Å². The molecule has 138 valence electrons. The Hall–Kier alpha value is -2.86. The quantitative estimate of drug-likeness (QED) is 0.478. The highest BCUT2D eigenvalue weighted by molar-refractivity contribution is 9.10. The van der Waals surface area contributed by atoms with E-state index in [0.29, 0.717) is 11.3 Å². The summed E-state index contributed by atoms with van der Waals surface area (Å²) in [4.78, 5) is 12.3. The number of methoxy groups -OCH3 is 1. The Morgan fingerprint density at radius 2 is 1.93 bits per heavy atom. The number of benzene rings is 2. The Balaban J connectivity index is 1.80. The van der Waals surface area contributed by atoms with Gasteiger partial charge >= 0.3 is 0 Å². The SMILES string of the molecule is COc1ccccc1C(=O)N/N=C\c1cc(C)n(-c2cccc(Br)c2)c1C. The second-order valence-electron chi connectivity index (χ2n) is 6.04. The van der Waals surface area contributed by atoms with Crippen molar-refractivity contribution < 1.29 is 9.53 Å². The van der Waals surface area contributed by atoms with E-state index in [9.17, 15) is 4.79 Å². The van der Waals surface area contributed by atoms with Gasteiger partial charge < -0.3 is 9.30 Å². The fraction of sp³-hybridized carbons (Fsp3) is 0.143. The zero-order valence-electron chi connectivity index (χ0n) is 15.4. The third-order valence-electron chi connectivity index (χ3n) is 4.26. The lowest BCUT2D eigenvalue weighted by atomic mass is 10.2. The fourth-order valence-electron chi connectivity index (χ4n) is 2.98. The molecule has 0 saturated heterocycles. The lowest BCUT2D eigenvalue weighted by Crippen LogP contribution is -2.18. The number of rotatable bonds is 5. The summed E-state index contributed by atoms with van der Waals surface area (Å²) >= 11 is 3.51. The summed E-state index contributed by atoms with van der Waals surface area (Å²) in [5.74, 6) is 0.197. The van der Waals surface area contributed by atoms with Crippen LogP contribution in [0, 0.1) is 13.8 Å². The highest BCUT2D eigenvalue weighted by Gasteiger charge is 2.12. The fourth-order valence-corrected chi connectivity index (χ4v) is 3.37. The maximum Gasteiger partial charge on any atom is 0.275 e. The number of hydrogen-bond acceptors (Lipinski definition) is 3. The average Bonchev–Trinajstić information content (AvgIpc) is 2.95. The van der Waals surface area contributed by atoms with Gasteiger partial charge in [0.15, 0.2) is 0 Å². The molecule has 1 amide bonds. The van der Waals surface area contributed by atoms with E-state index in [1.807, 2.05) is 38.1 Å². The van der Waals surface area contributed by atoms with Crippen molar-refractivity contribution in [1.82, 2.24) is 9.99 Å². The molecule has 2 aromatic carbocycles. The summed E-state index contributed by atoms with van der Waals surface area (Å²) in [5, 5.41) is 4.12. The van der Waals surface area contributed by atoms with Crippen molar-refractivity contribution >= 4 is 28.1 Å². The first-order valence-corrected chi connectivity index (χ1v) is 9.22. The van der Waals surface area contributed by atoms with Gasteiger partial charge in [-0.25, -0.2) is 5.43 Å². The van der Waals surface area contributed by atoms with Crippen LogP contribution < -0.4 is 10.2 Å². The maximum atomic E-state index is 12.3. The van der Waals surface area contributed by atoms with Crippen molar-refractivity contribution in [1.29, 1.82) is 0 Å². The van der Waals surface area contributed by atoms with Gasteiger partial charge in [-0.2, -0.15) is 5.10 Å². The van der Waals surface area contributed by atoms with Crippen LogP contribution in [0.4, 0.5) is 0 Å². The van der Waals surface area contributed by atoms with E-state index < -0.39 is 0 Å². The molecule has 0 aliphatic carbocycles. The molecule has 1 aromatic heterocycles. The normalized spacial score (nSPS) is 11.0. The summed E-state index contributed by atoms with van der Waals surface area (Å²) in [6, 6.07) is 17.2. The molecule has 6 heteroatoms. The number of amides is 1. The van der Waals surface area contributed by atoms with Crippen molar-refractivity contribution in [2.24, 2.45) is 5.10 Å². The molecular formula is C21H20BrN3O2. The summed E-state index contributed by atoms with van der Waals surface area (Å²) in [7, 11) is 1.53. The van der Waals surface area contributed by atoms with Gasteiger partial charge in [0.05, 0.1) is 18.9 Å². The molecule has 0 bridgehead atoms. The Morgan fingerprint density at radius 1 is 1.15 bits per heavy atom. The van der Waals surface area contributed by atoms with E-state index in [1.165, 1.54) is 7.11 Å². The lowest BCUT2D eigenvalue weighted by molar-refractivity contribution is 0.0952. The minimum absolute atomic E-state index is 0.315. The minimum atomic E-state index is -0.315. The van der Waals surface area contributed by atoms with Crippen LogP contribution in [0.2, 0.25) is 0 Å². The number of para-hydroxylation sites is 1. The molecule has 0 spiro atoms. The number of nitrogens with one attached hydrogen (secondary N) is 1. The van der Waals surface area contributed by atoms with Crippen molar-refractivity contribution in [2.75, 3.05) is 7.11 Å². The molecule has 1 heterocycles. The van der Waals surface area contributed by atoms with Crippen LogP contribution in [-0.4, -0.2) is 23.8 Å². The zero-order chi connectivity index (χ0) is 19.4. The maximum absolute atomic E-state index is 12.3. The van der Waals surface area contributed by atoms with Crippen molar-refractivity contribution in [3.8, 4) is 11.4 Å². The third kappa shape index (κ3) is 4.11. The van der Waals surface area contributed by atoms with E-state index in [1.54, 1.807) is 24.4 Å². The topological polar surface area (TPSA) is 55.6 Å². The van der Waals surface area contributed by atoms with Crippen LogP contribution in [0.1, 0.15) is 27.3 Å². The number of ether oxygens (including phenoxy) is 1. The Morgan fingerprint density at radius 3 is 2.67 bits per heavy atom. The Labute approximate surface area is 166 Å². The van der Waals surface area contributed by atoms with Crippen LogP contribution in [0.15, 0.2) is 64.2 Å². The second kappa shape index (κ2) is 8.22. The standard InChI is InChI=1S/C21H20BrN3O2/c1-14-11-16(15(2)25(14)18-8-6-7-17(22)12-18)13-23-24-21(26)19-9-4-5-10-20(19)27-3/h4-13H,1-3H3,(H,24,26)/b23-13-. The van der Waals surface area contributed by atoms with E-state index in [2.05, 4.69) is 43.2 Å². The van der Waals surface area contributed by atoms with Crippen LogP contribution in [-0.2, 0) is 0 Å². The molecule has 0 fully saturated rings. The largest absolute Gasteiger partial charge is 0.496 e. The zero-order valence-corrected chi connectivity index (χ0v) is 16.9. The molecule has 0 unspecified atom stereocenters. The number of carbonyl (C=O) groups excluding carboxylic acids is 1. The van der Waals surface area contributed by atoms with Crippen LogP contribution in [0.25, 0.3) is 5.69 Å². The van der Waals surface area contributed by atoms with Crippen molar-refractivity contribution in [2.45, 2.75) is 13.8 Å². The first-order chi connectivity index (χ1) is 13.0. The van der Waals surface area contributed by atoms with Crippen LogP contribution >= 0.6 is 15.9 Å². The average molecular weight is 426 g/mol. The van der Waals surface area contributed by atoms with Gasteiger partial charge in [0.2, 0.25) is 0 Å². The predicted molar refractivity (Wildman–Crippen MR) is 111 cm³/mol. The number of halogens is 1. The smallest absolute Gasteiger partial charge is 0.275 e. The summed E-state index contributed by atoms with van der Waals surface area (Å²) in [6.45, 7) is 4.07. The predicted octanol–water partition coefficient (Wildman–Crippen LogP) is 4.63. The molecule has 0 atom stereocenters. The second-order valence-corrected chi connectivity index (χ2v) is 6.96. The number of hydrogen-bond donors (Lipinski definition) is 1. The first-order valence-electron chi connectivity index (χ1n) is 8.42. The summed E-state index contributed by atoms with van der Waals surface area (Å²) in [5.41, 5.74) is 7.14. The molecular weight excluding hydrogens is 406 g/mol. The van der Waals surface area contributed by atoms with Gasteiger partial charge in [-0.3, -0.25) is 4.79 Å². The first kappa shape index (κ1) is 18.9. The van der Waals surface area contributed by atoms with Gasteiger partial charge in [-0.05, 0) is 50.2 Å². The third-order valence-corrected chi connectivity index (χ3v) is 4.75. The number of aromatic nitrogens is 1. The molecule has 0 aliphatic rings. The Kier molecular flexibility index (Phi) is 5.76. The van der Waals surface area contributed by atoms with Gasteiger partial charge in [0.25, 0.3) is 5.91 Å². The number of aryl methyl sites for hydroxylation is 1. The van der Waals surface area contributed by atoms with Crippen LogP contribution in [0.5, 0.6) is 5.75 Å². The van der Waals surface area contributed by atoms with Crippen molar-refractivity contribution in [3.63, 3.8) is 0 Å². The molecule has 1 N–H and O–H groups in total. The van der Waals surface area contributed by atoms with Gasteiger partial charge in [-0.15, -0.1) is 0 Å². The molecule has 0 saturated carbocycles. The number of nitrogens with zero attached hydrogens (tertiary/aromatic N) is 2. The molecule has 27 heavy (non-hydrogen) atoms. The molecule has 0 radical (unpaired) electrons. The summed E-state index contributed by atoms with van der Waals surface area (Å²) in [6.07, 6.45) is 1.66. The lowest BCUT2D eigenvalue weighted by Gasteiger charge is -2.10. The van der Waals surface area contributed by atoms with Gasteiger partial charge in [0.1, 0.15) is 5.75 Å². The number of carbonyl (C=O) groups is 1. The molecule has 0 aliphatic heterocycles. The monoisotopic (exact) mass is 425 g/mol. The Bertz CT molecular complexity index is 1010. The summed E-state index contributed by atoms with van der Waals surface area (Å²) < 4.78 is 8.38. The highest BCUT2D eigenvalue weighted by atomic mass is 79.9. The van der Waals surface area contributed by atoms with Gasteiger partial charge in [-0.1, -0.05) is 34.1 Å².